The summed E-state index contributed by atoms with van der Waals surface area (Å²) in [5, 5.41) is 8.56. The van der Waals surface area contributed by atoms with Crippen LogP contribution in [0.4, 0.5) is 14.9 Å². The van der Waals surface area contributed by atoms with E-state index < -0.39 is 22.1 Å². The third-order valence-electron chi connectivity index (χ3n) is 2.09. The fourth-order valence-corrected chi connectivity index (χ4v) is 2.03. The van der Waals surface area contributed by atoms with Crippen molar-refractivity contribution < 1.29 is 27.4 Å². The molecule has 0 saturated carbocycles. The van der Waals surface area contributed by atoms with E-state index in [-0.39, 0.29) is 18.7 Å². The smallest absolute Gasteiger partial charge is 0.422 e. The van der Waals surface area contributed by atoms with Crippen LogP contribution in [0.15, 0.2) is 18.2 Å². The van der Waals surface area contributed by atoms with E-state index >= 15 is 0 Å². The summed E-state index contributed by atoms with van der Waals surface area (Å²) in [4.78, 5) is 10.8. The molecule has 0 fully saturated rings. The zero-order valence-electron chi connectivity index (χ0n) is 11.0. The maximum atomic E-state index is 13.7. The summed E-state index contributed by atoms with van der Waals surface area (Å²) in [7, 11) is -3.29. The molecule has 1 amide bonds. The highest BCUT2D eigenvalue weighted by molar-refractivity contribution is 7.91. The van der Waals surface area contributed by atoms with E-state index in [9.17, 15) is 17.6 Å². The minimum atomic E-state index is -4.29. The number of carbonyl (C=O) groups excluding carboxylic acids is 1. The maximum Gasteiger partial charge on any atom is 0.422 e. The number of hydrogen-bond acceptors (Lipinski definition) is 5. The van der Waals surface area contributed by atoms with Gasteiger partial charge in [0.1, 0.15) is 5.82 Å². The lowest BCUT2D eigenvalue weighted by molar-refractivity contribution is 0.177. The van der Waals surface area contributed by atoms with Crippen molar-refractivity contribution in [1.82, 2.24) is 4.72 Å². The molecule has 0 spiro atoms. The number of amides is 1. The van der Waals surface area contributed by atoms with E-state index in [1.165, 1.54) is 10.8 Å². The first-order valence-electron chi connectivity index (χ1n) is 5.65. The van der Waals surface area contributed by atoms with Crippen LogP contribution in [0.25, 0.3) is 0 Å². The van der Waals surface area contributed by atoms with Crippen LogP contribution in [0.1, 0.15) is 12.0 Å². The Morgan fingerprint density at radius 2 is 2.19 bits per heavy atom. The van der Waals surface area contributed by atoms with Crippen molar-refractivity contribution in [2.75, 3.05) is 18.4 Å². The average molecular weight is 316 g/mol. The lowest BCUT2D eigenvalue weighted by Gasteiger charge is -2.09. The molecule has 1 aromatic rings. The van der Waals surface area contributed by atoms with Gasteiger partial charge in [-0.25, -0.2) is 13.9 Å². The second-order valence-electron chi connectivity index (χ2n) is 3.67. The Morgan fingerprint density at radius 1 is 1.48 bits per heavy atom. The van der Waals surface area contributed by atoms with Crippen molar-refractivity contribution in [2.45, 2.75) is 6.42 Å². The van der Waals surface area contributed by atoms with Gasteiger partial charge in [-0.1, -0.05) is 11.8 Å². The van der Waals surface area contributed by atoms with Crippen molar-refractivity contribution in [2.24, 2.45) is 0 Å². The van der Waals surface area contributed by atoms with Gasteiger partial charge in [0.2, 0.25) is 0 Å². The SMILES string of the molecule is COC(=O)NS(=O)(=O)Nc1ccc(C#CCCO)cc1F. The number of aliphatic hydroxyl groups is 1. The first-order chi connectivity index (χ1) is 9.88. The number of rotatable bonds is 4. The molecular weight excluding hydrogens is 303 g/mol. The molecule has 114 valence electrons. The van der Waals surface area contributed by atoms with Gasteiger partial charge in [0.05, 0.1) is 19.4 Å². The van der Waals surface area contributed by atoms with Gasteiger partial charge in [0.15, 0.2) is 0 Å². The summed E-state index contributed by atoms with van der Waals surface area (Å²) in [5.41, 5.74) is -0.0241. The van der Waals surface area contributed by atoms with Crippen LogP contribution >= 0.6 is 0 Å². The molecule has 21 heavy (non-hydrogen) atoms. The minimum Gasteiger partial charge on any atom is -0.452 e. The van der Waals surface area contributed by atoms with Crippen molar-refractivity contribution in [3.8, 4) is 11.8 Å². The highest BCUT2D eigenvalue weighted by Gasteiger charge is 2.16. The fourth-order valence-electron chi connectivity index (χ4n) is 1.22. The molecule has 0 unspecified atom stereocenters. The fraction of sp³-hybridized carbons (Fsp3) is 0.250. The Bertz CT molecular complexity index is 679. The predicted octanol–water partition coefficient (Wildman–Crippen LogP) is 0.572. The zero-order valence-corrected chi connectivity index (χ0v) is 11.8. The van der Waals surface area contributed by atoms with Gasteiger partial charge >= 0.3 is 16.3 Å². The molecule has 0 aromatic heterocycles. The van der Waals surface area contributed by atoms with E-state index in [1.54, 1.807) is 0 Å². The Balaban J connectivity index is 2.87. The number of halogens is 1. The first kappa shape index (κ1) is 16.7. The van der Waals surface area contributed by atoms with E-state index in [1.807, 2.05) is 4.72 Å². The van der Waals surface area contributed by atoms with Gasteiger partial charge in [-0.3, -0.25) is 4.72 Å². The Hall–Kier alpha value is -2.31. The van der Waals surface area contributed by atoms with Gasteiger partial charge < -0.3 is 9.84 Å². The van der Waals surface area contributed by atoms with Gasteiger partial charge in [-0.2, -0.15) is 8.42 Å². The second-order valence-corrected chi connectivity index (χ2v) is 5.08. The Morgan fingerprint density at radius 3 is 2.76 bits per heavy atom. The first-order valence-corrected chi connectivity index (χ1v) is 7.14. The van der Waals surface area contributed by atoms with Crippen molar-refractivity contribution in [3.63, 3.8) is 0 Å². The van der Waals surface area contributed by atoms with E-state index in [0.29, 0.717) is 5.56 Å². The highest BCUT2D eigenvalue weighted by Crippen LogP contribution is 2.16. The van der Waals surface area contributed by atoms with Crippen molar-refractivity contribution in [1.29, 1.82) is 0 Å². The maximum absolute atomic E-state index is 13.7. The number of carbonyl (C=O) groups is 1. The van der Waals surface area contributed by atoms with Gasteiger partial charge in [-0.15, -0.1) is 0 Å². The third-order valence-corrected chi connectivity index (χ3v) is 3.01. The summed E-state index contributed by atoms with van der Waals surface area (Å²) < 4.78 is 44.1. The topological polar surface area (TPSA) is 105 Å². The molecular formula is C12H13FN2O5S. The molecule has 0 saturated heterocycles. The average Bonchev–Trinajstić information content (AvgIpc) is 2.41. The number of anilines is 1. The Labute approximate surface area is 121 Å². The molecule has 1 rings (SSSR count). The summed E-state index contributed by atoms with van der Waals surface area (Å²) in [5.74, 6) is 4.34. The summed E-state index contributed by atoms with van der Waals surface area (Å²) in [6.45, 7) is -0.105. The van der Waals surface area contributed by atoms with E-state index in [4.69, 9.17) is 5.11 Å². The molecule has 0 radical (unpaired) electrons. The number of nitrogens with one attached hydrogen (secondary N) is 2. The number of hydrogen-bond donors (Lipinski definition) is 3. The number of methoxy groups -OCH3 is 1. The molecule has 0 atom stereocenters. The largest absolute Gasteiger partial charge is 0.452 e. The van der Waals surface area contributed by atoms with Crippen molar-refractivity contribution >= 4 is 22.0 Å². The summed E-state index contributed by atoms with van der Waals surface area (Å²) >= 11 is 0. The molecule has 0 aliphatic rings. The molecule has 0 aliphatic heterocycles. The van der Waals surface area contributed by atoms with E-state index in [2.05, 4.69) is 16.6 Å². The molecule has 0 heterocycles. The molecule has 7 nitrogen and oxygen atoms in total. The zero-order chi connectivity index (χ0) is 15.9. The normalized spacial score (nSPS) is 10.2. The van der Waals surface area contributed by atoms with Gasteiger partial charge in [0.25, 0.3) is 0 Å². The van der Waals surface area contributed by atoms with E-state index in [0.717, 1.165) is 19.2 Å². The Kier molecular flexibility index (Phi) is 5.95. The van der Waals surface area contributed by atoms with Crippen LogP contribution in [0.3, 0.4) is 0 Å². The lowest BCUT2D eigenvalue weighted by Crippen LogP contribution is -2.35. The van der Waals surface area contributed by atoms with Crippen LogP contribution in [-0.2, 0) is 14.9 Å². The van der Waals surface area contributed by atoms with Crippen molar-refractivity contribution in [3.05, 3.63) is 29.6 Å². The summed E-state index contributed by atoms with van der Waals surface area (Å²) in [6, 6.07) is 3.58. The predicted molar refractivity (Wildman–Crippen MR) is 73.1 cm³/mol. The van der Waals surface area contributed by atoms with Crippen LogP contribution in [-0.4, -0.2) is 33.3 Å². The van der Waals surface area contributed by atoms with Gasteiger partial charge in [-0.05, 0) is 18.2 Å². The van der Waals surface area contributed by atoms with Crippen LogP contribution in [0.2, 0.25) is 0 Å². The lowest BCUT2D eigenvalue weighted by atomic mass is 10.2. The second kappa shape index (κ2) is 7.47. The highest BCUT2D eigenvalue weighted by atomic mass is 32.2. The summed E-state index contributed by atoms with van der Waals surface area (Å²) in [6.07, 6.45) is -0.951. The molecule has 1 aromatic carbocycles. The minimum absolute atomic E-state index is 0.105. The molecule has 9 heteroatoms. The van der Waals surface area contributed by atoms with Gasteiger partial charge in [0, 0.05) is 12.0 Å². The number of aliphatic hydroxyl groups excluding tert-OH is 1. The molecule has 0 aliphatic carbocycles. The molecule has 0 bridgehead atoms. The van der Waals surface area contributed by atoms with Crippen LogP contribution in [0.5, 0.6) is 0 Å². The standard InChI is InChI=1S/C12H13FN2O5S/c1-20-12(17)15-21(18,19)14-11-6-5-9(8-10(11)13)4-2-3-7-16/h5-6,8,14,16H,3,7H2,1H3,(H,15,17). The third kappa shape index (κ3) is 5.68. The monoisotopic (exact) mass is 316 g/mol. The van der Waals surface area contributed by atoms with Crippen LogP contribution < -0.4 is 9.44 Å². The van der Waals surface area contributed by atoms with Crippen LogP contribution in [0, 0.1) is 17.7 Å². The quantitative estimate of drug-likeness (QED) is 0.705. The number of ether oxygens (including phenoxy) is 1. The molecule has 3 N–H and O–H groups in total. The number of benzene rings is 1.